The summed E-state index contributed by atoms with van der Waals surface area (Å²) in [6, 6.07) is 12.2. The number of fused-ring (bicyclic) bond motifs is 5. The number of aryl methyl sites for hydroxylation is 1. The normalized spacial score (nSPS) is 12.6. The lowest BCUT2D eigenvalue weighted by Gasteiger charge is -2.26. The van der Waals surface area contributed by atoms with Crippen LogP contribution in [0.2, 0.25) is 0 Å². The Bertz CT molecular complexity index is 1060. The van der Waals surface area contributed by atoms with Crippen LogP contribution in [0.15, 0.2) is 47.0 Å². The number of benzene rings is 2. The second-order valence-corrected chi connectivity index (χ2v) is 6.93. The van der Waals surface area contributed by atoms with Gasteiger partial charge in [0.25, 0.3) is 0 Å². The van der Waals surface area contributed by atoms with E-state index in [1.165, 1.54) is 0 Å². The number of hydrogen-bond donors (Lipinski definition) is 3. The molecule has 0 amide bonds. The highest BCUT2D eigenvalue weighted by Crippen LogP contribution is 2.36. The molecule has 0 aliphatic heterocycles. The highest BCUT2D eigenvalue weighted by molar-refractivity contribution is 6.18. The number of aromatic nitrogens is 1. The zero-order valence-electron chi connectivity index (χ0n) is 14.4. The highest BCUT2D eigenvalue weighted by Gasteiger charge is 2.22. The molecule has 4 aromatic rings. The van der Waals surface area contributed by atoms with Crippen molar-refractivity contribution in [3.05, 3.63) is 48.2 Å². The van der Waals surface area contributed by atoms with Crippen molar-refractivity contribution in [2.24, 2.45) is 7.05 Å². The Hall–Kier alpha value is -2.34. The van der Waals surface area contributed by atoms with Crippen LogP contribution in [0.25, 0.3) is 32.8 Å². The van der Waals surface area contributed by atoms with Crippen LogP contribution in [0.5, 0.6) is 0 Å². The molecule has 25 heavy (non-hydrogen) atoms. The number of rotatable bonds is 5. The molecule has 0 fully saturated rings. The molecule has 2 aromatic carbocycles. The minimum atomic E-state index is -0.700. The van der Waals surface area contributed by atoms with Crippen LogP contribution in [-0.4, -0.2) is 33.5 Å². The van der Waals surface area contributed by atoms with Crippen molar-refractivity contribution >= 4 is 32.8 Å². The van der Waals surface area contributed by atoms with Crippen LogP contribution in [0, 0.1) is 0 Å². The van der Waals surface area contributed by atoms with E-state index in [1.54, 1.807) is 6.92 Å². The first-order valence-electron chi connectivity index (χ1n) is 8.41. The lowest BCUT2D eigenvalue weighted by molar-refractivity contribution is 0.103. The number of furan rings is 1. The fourth-order valence-corrected chi connectivity index (χ4v) is 3.40. The van der Waals surface area contributed by atoms with Gasteiger partial charge in [0.15, 0.2) is 0 Å². The maximum atomic E-state index is 9.47. The topological polar surface area (TPSA) is 70.6 Å². The summed E-state index contributed by atoms with van der Waals surface area (Å²) in [4.78, 5) is 0. The number of nitrogens with zero attached hydrogens (tertiary/aromatic N) is 1. The molecule has 0 aliphatic rings. The lowest BCUT2D eigenvalue weighted by Crippen LogP contribution is -2.48. The maximum Gasteiger partial charge on any atom is 0.137 e. The van der Waals surface area contributed by atoms with E-state index in [2.05, 4.69) is 28.2 Å². The molecule has 2 heterocycles. The van der Waals surface area contributed by atoms with Gasteiger partial charge in [-0.1, -0.05) is 18.2 Å². The van der Waals surface area contributed by atoms with E-state index in [4.69, 9.17) is 4.42 Å². The molecule has 0 radical (unpaired) electrons. The molecular formula is C20H22N2O3. The van der Waals surface area contributed by atoms with Gasteiger partial charge in [-0.25, -0.2) is 0 Å². The monoisotopic (exact) mass is 338 g/mol. The van der Waals surface area contributed by atoms with E-state index in [-0.39, 0.29) is 13.2 Å². The molecule has 0 bridgehead atoms. The summed E-state index contributed by atoms with van der Waals surface area (Å²) in [7, 11) is 2.03. The zero-order chi connectivity index (χ0) is 17.6. The van der Waals surface area contributed by atoms with Crippen molar-refractivity contribution in [1.29, 1.82) is 0 Å². The zero-order valence-corrected chi connectivity index (χ0v) is 14.4. The highest BCUT2D eigenvalue weighted by atomic mass is 16.3. The fourth-order valence-electron chi connectivity index (χ4n) is 3.40. The Labute approximate surface area is 145 Å². The van der Waals surface area contributed by atoms with Gasteiger partial charge in [-0.05, 0) is 30.7 Å². The van der Waals surface area contributed by atoms with Gasteiger partial charge in [0.05, 0.1) is 29.7 Å². The van der Waals surface area contributed by atoms with E-state index in [9.17, 15) is 10.2 Å². The minimum absolute atomic E-state index is 0.120. The third-order valence-corrected chi connectivity index (χ3v) is 4.97. The quantitative estimate of drug-likeness (QED) is 0.523. The van der Waals surface area contributed by atoms with Gasteiger partial charge in [-0.2, -0.15) is 0 Å². The van der Waals surface area contributed by atoms with E-state index in [0.717, 1.165) is 38.4 Å². The number of para-hydroxylation sites is 1. The van der Waals surface area contributed by atoms with Gasteiger partial charge < -0.3 is 24.5 Å². The van der Waals surface area contributed by atoms with Crippen LogP contribution in [-0.2, 0) is 13.6 Å². The molecule has 3 N–H and O–H groups in total. The Morgan fingerprint density at radius 1 is 1.04 bits per heavy atom. The van der Waals surface area contributed by atoms with Gasteiger partial charge >= 0.3 is 0 Å². The third kappa shape index (κ3) is 2.52. The van der Waals surface area contributed by atoms with Crippen LogP contribution in [0.3, 0.4) is 0 Å². The lowest BCUT2D eigenvalue weighted by atomic mass is 10.0. The van der Waals surface area contributed by atoms with Gasteiger partial charge in [0.2, 0.25) is 0 Å². The van der Waals surface area contributed by atoms with Crippen LogP contribution < -0.4 is 5.32 Å². The van der Waals surface area contributed by atoms with Crippen molar-refractivity contribution < 1.29 is 14.6 Å². The minimum Gasteiger partial charge on any atom is -0.456 e. The predicted molar refractivity (Wildman–Crippen MR) is 99.6 cm³/mol. The summed E-state index contributed by atoms with van der Waals surface area (Å²) in [5.74, 6) is 0. The van der Waals surface area contributed by atoms with Crippen molar-refractivity contribution in [2.45, 2.75) is 19.0 Å². The second kappa shape index (κ2) is 5.88. The SMILES string of the molecule is Cn1cc(CNC(C)(CO)CO)c2ccc3oc4ccccc4c3c21. The molecular weight excluding hydrogens is 316 g/mol. The Morgan fingerprint density at radius 2 is 1.80 bits per heavy atom. The van der Waals surface area contributed by atoms with Crippen LogP contribution in [0.4, 0.5) is 0 Å². The number of aliphatic hydroxyl groups excluding tert-OH is 2. The average Bonchev–Trinajstić information content (AvgIpc) is 3.17. The van der Waals surface area contributed by atoms with Gasteiger partial charge in [-0.3, -0.25) is 0 Å². The number of aliphatic hydroxyl groups is 2. The summed E-state index contributed by atoms with van der Waals surface area (Å²) >= 11 is 0. The smallest absolute Gasteiger partial charge is 0.137 e. The first kappa shape index (κ1) is 16.1. The molecule has 0 spiro atoms. The average molecular weight is 338 g/mol. The van der Waals surface area contributed by atoms with Crippen molar-refractivity contribution in [1.82, 2.24) is 9.88 Å². The summed E-state index contributed by atoms with van der Waals surface area (Å²) in [6.45, 7) is 2.13. The summed E-state index contributed by atoms with van der Waals surface area (Å²) in [5, 5.41) is 25.6. The number of hydrogen-bond acceptors (Lipinski definition) is 4. The Morgan fingerprint density at radius 3 is 2.56 bits per heavy atom. The molecule has 0 saturated carbocycles. The van der Waals surface area contributed by atoms with E-state index >= 15 is 0 Å². The number of nitrogens with one attached hydrogen (secondary N) is 1. The molecule has 0 aliphatic carbocycles. The van der Waals surface area contributed by atoms with E-state index in [0.29, 0.717) is 6.54 Å². The molecule has 5 nitrogen and oxygen atoms in total. The van der Waals surface area contributed by atoms with Gasteiger partial charge in [-0.15, -0.1) is 0 Å². The van der Waals surface area contributed by atoms with Crippen molar-refractivity contribution in [2.75, 3.05) is 13.2 Å². The standard InChI is InChI=1S/C20H22N2O3/c1-20(11-23,12-24)21-9-13-10-22(2)19-14(13)7-8-17-18(19)15-5-3-4-6-16(15)25-17/h3-8,10,21,23-24H,9,11-12H2,1-2H3. The Kier molecular flexibility index (Phi) is 3.80. The summed E-state index contributed by atoms with van der Waals surface area (Å²) in [5.41, 5.74) is 3.32. The Balaban J connectivity index is 1.87. The third-order valence-electron chi connectivity index (χ3n) is 4.97. The second-order valence-electron chi connectivity index (χ2n) is 6.93. The van der Waals surface area contributed by atoms with Gasteiger partial charge in [0.1, 0.15) is 11.2 Å². The molecule has 4 rings (SSSR count). The first-order valence-corrected chi connectivity index (χ1v) is 8.41. The summed E-state index contributed by atoms with van der Waals surface area (Å²) < 4.78 is 8.10. The molecule has 2 aromatic heterocycles. The van der Waals surface area contributed by atoms with E-state index < -0.39 is 5.54 Å². The maximum absolute atomic E-state index is 9.47. The first-order chi connectivity index (χ1) is 12.1. The van der Waals surface area contributed by atoms with Crippen molar-refractivity contribution in [3.63, 3.8) is 0 Å². The fraction of sp³-hybridized carbons (Fsp3) is 0.300. The van der Waals surface area contributed by atoms with Crippen molar-refractivity contribution in [3.8, 4) is 0 Å². The molecule has 0 atom stereocenters. The molecule has 0 unspecified atom stereocenters. The molecule has 5 heteroatoms. The molecule has 130 valence electrons. The van der Waals surface area contributed by atoms with Crippen LogP contribution >= 0.6 is 0 Å². The van der Waals surface area contributed by atoms with Gasteiger partial charge in [0, 0.05) is 30.6 Å². The summed E-state index contributed by atoms with van der Waals surface area (Å²) in [6.07, 6.45) is 2.09. The van der Waals surface area contributed by atoms with E-state index in [1.807, 2.05) is 31.3 Å². The predicted octanol–water partition coefficient (Wildman–Crippen LogP) is 2.91. The van der Waals surface area contributed by atoms with Crippen LogP contribution in [0.1, 0.15) is 12.5 Å². The largest absolute Gasteiger partial charge is 0.456 e. The molecule has 0 saturated heterocycles.